The summed E-state index contributed by atoms with van der Waals surface area (Å²) in [7, 11) is 0. The summed E-state index contributed by atoms with van der Waals surface area (Å²) in [5.74, 6) is -1.81. The molecule has 7 heteroatoms. The molecule has 0 saturated heterocycles. The zero-order valence-corrected chi connectivity index (χ0v) is 13.5. The van der Waals surface area contributed by atoms with Gasteiger partial charge in [-0.05, 0) is 30.2 Å². The van der Waals surface area contributed by atoms with E-state index in [0.29, 0.717) is 5.56 Å². The molecular weight excluding hydrogens is 338 g/mol. The van der Waals surface area contributed by atoms with Gasteiger partial charge < -0.3 is 10.7 Å². The molecule has 1 saturated carbocycles. The summed E-state index contributed by atoms with van der Waals surface area (Å²) in [4.78, 5) is 19.6. The Labute approximate surface area is 146 Å². The summed E-state index contributed by atoms with van der Waals surface area (Å²) in [5.41, 5.74) is 8.18. The van der Waals surface area contributed by atoms with Crippen LogP contribution in [0, 0.1) is 11.7 Å². The molecule has 5 rings (SSSR count). The van der Waals surface area contributed by atoms with E-state index in [4.69, 9.17) is 5.73 Å². The van der Waals surface area contributed by atoms with Crippen molar-refractivity contribution in [2.75, 3.05) is 5.73 Å². The summed E-state index contributed by atoms with van der Waals surface area (Å²) < 4.78 is 29.4. The van der Waals surface area contributed by atoms with Crippen molar-refractivity contribution < 1.29 is 13.6 Å². The SMILES string of the molecule is Nc1nc2c(F)cc(-c3cccc4[nH]ccc34)cn2c1C(=O)[C@@H]1C[C@@H]1F. The average molecular weight is 352 g/mol. The predicted octanol–water partition coefficient (Wildman–Crippen LogP) is 3.74. The lowest BCUT2D eigenvalue weighted by Gasteiger charge is -2.08. The van der Waals surface area contributed by atoms with Crippen LogP contribution < -0.4 is 5.73 Å². The number of hydrogen-bond donors (Lipinski definition) is 2. The highest BCUT2D eigenvalue weighted by molar-refractivity contribution is 6.03. The summed E-state index contributed by atoms with van der Waals surface area (Å²) in [5, 5.41) is 0.929. The Balaban J connectivity index is 1.76. The van der Waals surface area contributed by atoms with Crippen LogP contribution in [0.1, 0.15) is 16.9 Å². The van der Waals surface area contributed by atoms with Crippen LogP contribution in [0.4, 0.5) is 14.6 Å². The zero-order valence-electron chi connectivity index (χ0n) is 13.5. The van der Waals surface area contributed by atoms with Gasteiger partial charge in [0.15, 0.2) is 23.1 Å². The topological polar surface area (TPSA) is 76.2 Å². The predicted molar refractivity (Wildman–Crippen MR) is 94.2 cm³/mol. The second-order valence-corrected chi connectivity index (χ2v) is 6.58. The summed E-state index contributed by atoms with van der Waals surface area (Å²) in [6.45, 7) is 0. The quantitative estimate of drug-likeness (QED) is 0.552. The third kappa shape index (κ3) is 2.06. The number of alkyl halides is 1. The fourth-order valence-electron chi connectivity index (χ4n) is 3.46. The van der Waals surface area contributed by atoms with Crippen molar-refractivity contribution in [3.8, 4) is 11.1 Å². The van der Waals surface area contributed by atoms with E-state index in [1.165, 1.54) is 10.5 Å². The first-order valence-electron chi connectivity index (χ1n) is 8.26. The Morgan fingerprint density at radius 1 is 1.35 bits per heavy atom. The number of carbonyl (C=O) groups excluding carboxylic acids is 1. The van der Waals surface area contributed by atoms with Gasteiger partial charge in [-0.15, -0.1) is 0 Å². The maximum absolute atomic E-state index is 14.7. The molecule has 3 aromatic heterocycles. The third-order valence-corrected chi connectivity index (χ3v) is 4.89. The van der Waals surface area contributed by atoms with Gasteiger partial charge in [0.05, 0.1) is 5.92 Å². The molecule has 4 aromatic rings. The van der Waals surface area contributed by atoms with Crippen LogP contribution in [0.15, 0.2) is 42.7 Å². The number of benzene rings is 1. The minimum atomic E-state index is -1.16. The lowest BCUT2D eigenvalue weighted by Crippen LogP contribution is -2.10. The number of halogens is 2. The summed E-state index contributed by atoms with van der Waals surface area (Å²) in [6.07, 6.45) is 2.46. The van der Waals surface area contributed by atoms with Crippen LogP contribution >= 0.6 is 0 Å². The van der Waals surface area contributed by atoms with Crippen LogP contribution in [-0.2, 0) is 0 Å². The number of hydrogen-bond acceptors (Lipinski definition) is 3. The second-order valence-electron chi connectivity index (χ2n) is 6.58. The van der Waals surface area contributed by atoms with Crippen LogP contribution in [0.3, 0.4) is 0 Å². The third-order valence-electron chi connectivity index (χ3n) is 4.89. The van der Waals surface area contributed by atoms with Crippen molar-refractivity contribution in [3.05, 3.63) is 54.2 Å². The molecule has 0 amide bonds. The molecule has 0 bridgehead atoms. The van der Waals surface area contributed by atoms with Crippen LogP contribution in [0.2, 0.25) is 0 Å². The fraction of sp³-hybridized carbons (Fsp3) is 0.158. The fourth-order valence-corrected chi connectivity index (χ4v) is 3.46. The highest BCUT2D eigenvalue weighted by Gasteiger charge is 2.45. The van der Waals surface area contributed by atoms with E-state index in [2.05, 4.69) is 9.97 Å². The first-order valence-corrected chi connectivity index (χ1v) is 8.26. The smallest absolute Gasteiger partial charge is 0.189 e. The Kier molecular flexibility index (Phi) is 2.98. The molecule has 0 aliphatic heterocycles. The molecule has 1 aliphatic rings. The number of Topliss-reactive ketones (excluding diaryl/α,β-unsaturated/α-hetero) is 1. The summed E-state index contributed by atoms with van der Waals surface area (Å²) >= 11 is 0. The number of aromatic nitrogens is 3. The number of aromatic amines is 1. The number of nitrogens with two attached hydrogens (primary N) is 1. The van der Waals surface area contributed by atoms with E-state index in [0.717, 1.165) is 16.5 Å². The lowest BCUT2D eigenvalue weighted by atomic mass is 10.0. The van der Waals surface area contributed by atoms with Gasteiger partial charge >= 0.3 is 0 Å². The zero-order chi connectivity index (χ0) is 18.0. The number of nitrogens with zero attached hydrogens (tertiary/aromatic N) is 2. The molecule has 26 heavy (non-hydrogen) atoms. The maximum atomic E-state index is 14.7. The maximum Gasteiger partial charge on any atom is 0.189 e. The molecule has 2 atom stereocenters. The number of nitrogens with one attached hydrogen (secondary N) is 1. The van der Waals surface area contributed by atoms with E-state index < -0.39 is 23.7 Å². The molecule has 5 nitrogen and oxygen atoms in total. The van der Waals surface area contributed by atoms with E-state index in [-0.39, 0.29) is 23.6 Å². The first-order chi connectivity index (χ1) is 12.5. The largest absolute Gasteiger partial charge is 0.382 e. The van der Waals surface area contributed by atoms with E-state index in [9.17, 15) is 13.6 Å². The Morgan fingerprint density at radius 3 is 2.92 bits per heavy atom. The lowest BCUT2D eigenvalue weighted by molar-refractivity contribution is 0.0952. The molecular formula is C19H14F2N4O. The average Bonchev–Trinajstić information content (AvgIpc) is 3.03. The van der Waals surface area contributed by atoms with Gasteiger partial charge in [0.2, 0.25) is 0 Å². The van der Waals surface area contributed by atoms with Crippen LogP contribution in [0.5, 0.6) is 0 Å². The number of nitrogen functional groups attached to an aromatic ring is 1. The number of rotatable bonds is 3. The molecule has 130 valence electrons. The Morgan fingerprint density at radius 2 is 2.15 bits per heavy atom. The highest BCUT2D eigenvalue weighted by atomic mass is 19.1. The minimum absolute atomic E-state index is 0.0353. The van der Waals surface area contributed by atoms with Gasteiger partial charge in [-0.3, -0.25) is 9.20 Å². The number of carbonyl (C=O) groups is 1. The highest BCUT2D eigenvalue weighted by Crippen LogP contribution is 2.38. The Hall–Kier alpha value is -3.22. The first kappa shape index (κ1) is 15.1. The number of fused-ring (bicyclic) bond motifs is 2. The minimum Gasteiger partial charge on any atom is -0.382 e. The van der Waals surface area contributed by atoms with Gasteiger partial charge in [0.1, 0.15) is 11.9 Å². The van der Waals surface area contributed by atoms with Crippen LogP contribution in [-0.4, -0.2) is 26.3 Å². The van der Waals surface area contributed by atoms with Crippen molar-refractivity contribution in [2.45, 2.75) is 12.6 Å². The van der Waals surface area contributed by atoms with Crippen molar-refractivity contribution in [1.29, 1.82) is 0 Å². The van der Waals surface area contributed by atoms with E-state index >= 15 is 0 Å². The molecule has 0 spiro atoms. The normalized spacial score (nSPS) is 19.3. The van der Waals surface area contributed by atoms with Crippen molar-refractivity contribution >= 4 is 28.2 Å². The molecule has 1 aromatic carbocycles. The standard InChI is InChI=1S/C19H14F2N4O/c20-13-7-12(13)17(26)16-18(22)24-19-14(21)6-9(8-25(16)19)10-2-1-3-15-11(10)4-5-23-15/h1-6,8,12-13,23H,7,22H2/t12-,13+/m1/s1. The van der Waals surface area contributed by atoms with Gasteiger partial charge in [0.25, 0.3) is 0 Å². The number of imidazole rings is 1. The van der Waals surface area contributed by atoms with Gasteiger partial charge in [-0.25, -0.2) is 13.8 Å². The number of H-pyrrole nitrogens is 1. The molecule has 3 N–H and O–H groups in total. The number of pyridine rings is 1. The van der Waals surface area contributed by atoms with E-state index in [1.54, 1.807) is 6.20 Å². The molecule has 0 radical (unpaired) electrons. The molecule has 3 heterocycles. The van der Waals surface area contributed by atoms with Crippen molar-refractivity contribution in [2.24, 2.45) is 5.92 Å². The molecule has 1 fully saturated rings. The van der Waals surface area contributed by atoms with Gasteiger partial charge in [-0.2, -0.15) is 0 Å². The van der Waals surface area contributed by atoms with Crippen LogP contribution in [0.25, 0.3) is 27.7 Å². The van der Waals surface area contributed by atoms with Gasteiger partial charge in [0, 0.05) is 28.9 Å². The van der Waals surface area contributed by atoms with Crippen molar-refractivity contribution in [3.63, 3.8) is 0 Å². The monoisotopic (exact) mass is 352 g/mol. The van der Waals surface area contributed by atoms with E-state index in [1.807, 2.05) is 30.5 Å². The second kappa shape index (κ2) is 5.14. The molecule has 1 aliphatic carbocycles. The number of anilines is 1. The van der Waals surface area contributed by atoms with Gasteiger partial charge in [-0.1, -0.05) is 12.1 Å². The Bertz CT molecular complexity index is 1190. The summed E-state index contributed by atoms with van der Waals surface area (Å²) in [6, 6.07) is 8.93. The molecule has 0 unspecified atom stereocenters. The number of ketones is 1. The van der Waals surface area contributed by atoms with Crippen molar-refractivity contribution in [1.82, 2.24) is 14.4 Å².